The van der Waals surface area contributed by atoms with E-state index in [1.807, 2.05) is 0 Å². The van der Waals surface area contributed by atoms with Crippen molar-refractivity contribution in [2.45, 2.75) is 6.36 Å². The van der Waals surface area contributed by atoms with Crippen LogP contribution in [0.1, 0.15) is 5.56 Å². The molecular weight excluding hydrogens is 207 g/mol. The monoisotopic (exact) mass is 213 g/mol. The number of hydrogen-bond donors (Lipinski definition) is 0. The minimum Gasteiger partial charge on any atom is -0.406 e. The normalized spacial score (nSPS) is 11.3. The first-order chi connectivity index (χ1) is 7.01. The fraction of sp³-hybridized carbons (Fsp3) is 0.100. The summed E-state index contributed by atoms with van der Waals surface area (Å²) < 4.78 is 39.0. The van der Waals surface area contributed by atoms with E-state index in [1.165, 1.54) is 36.4 Å². The van der Waals surface area contributed by atoms with Crippen LogP contribution < -0.4 is 4.74 Å². The van der Waals surface area contributed by atoms with E-state index in [0.717, 1.165) is 0 Å². The molecule has 0 radical (unpaired) electrons. The van der Waals surface area contributed by atoms with Gasteiger partial charge in [0.25, 0.3) is 0 Å². The van der Waals surface area contributed by atoms with Crippen LogP contribution in [0, 0.1) is 11.3 Å². The average Bonchev–Trinajstić information content (AvgIpc) is 2.14. The molecule has 5 heteroatoms. The van der Waals surface area contributed by atoms with E-state index in [9.17, 15) is 13.2 Å². The van der Waals surface area contributed by atoms with Gasteiger partial charge in [0.1, 0.15) is 5.75 Å². The lowest BCUT2D eigenvalue weighted by Crippen LogP contribution is -2.16. The second-order valence-electron chi connectivity index (χ2n) is 2.58. The Morgan fingerprint density at radius 3 is 2.27 bits per heavy atom. The molecule has 15 heavy (non-hydrogen) atoms. The van der Waals surface area contributed by atoms with Crippen molar-refractivity contribution in [3.8, 4) is 11.8 Å². The fourth-order valence-electron chi connectivity index (χ4n) is 0.914. The molecule has 0 aliphatic heterocycles. The SMILES string of the molecule is N#C/C=C/c1ccc(OC(F)(F)F)cc1. The summed E-state index contributed by atoms with van der Waals surface area (Å²) in [7, 11) is 0. The standard InChI is InChI=1S/C10H6F3NO/c11-10(12,13)15-9-5-3-8(4-6-9)2-1-7-14/h1-6H/b2-1+. The Balaban J connectivity index is 2.74. The van der Waals surface area contributed by atoms with E-state index in [-0.39, 0.29) is 5.75 Å². The Kier molecular flexibility index (Phi) is 3.34. The van der Waals surface area contributed by atoms with Gasteiger partial charge in [0.05, 0.1) is 6.07 Å². The number of allylic oxidation sites excluding steroid dienone is 1. The first-order valence-electron chi connectivity index (χ1n) is 3.93. The van der Waals surface area contributed by atoms with Crippen LogP contribution in [0.3, 0.4) is 0 Å². The van der Waals surface area contributed by atoms with Crippen LogP contribution >= 0.6 is 0 Å². The molecule has 0 bridgehead atoms. The minimum atomic E-state index is -4.68. The molecule has 1 aromatic rings. The number of alkyl halides is 3. The van der Waals surface area contributed by atoms with Gasteiger partial charge in [0.15, 0.2) is 0 Å². The fourth-order valence-corrected chi connectivity index (χ4v) is 0.914. The molecule has 78 valence electrons. The molecule has 0 aromatic heterocycles. The second kappa shape index (κ2) is 4.51. The van der Waals surface area contributed by atoms with E-state index in [4.69, 9.17) is 5.26 Å². The number of nitriles is 1. The third kappa shape index (κ3) is 4.18. The lowest BCUT2D eigenvalue weighted by Gasteiger charge is -2.08. The highest BCUT2D eigenvalue weighted by Gasteiger charge is 2.30. The number of benzene rings is 1. The Bertz CT molecular complexity index is 387. The quantitative estimate of drug-likeness (QED) is 0.707. The van der Waals surface area contributed by atoms with Gasteiger partial charge < -0.3 is 4.74 Å². The van der Waals surface area contributed by atoms with Crippen molar-refractivity contribution in [2.24, 2.45) is 0 Å². The molecule has 2 nitrogen and oxygen atoms in total. The van der Waals surface area contributed by atoms with Crippen LogP contribution in [0.4, 0.5) is 13.2 Å². The highest BCUT2D eigenvalue weighted by atomic mass is 19.4. The minimum absolute atomic E-state index is 0.281. The van der Waals surface area contributed by atoms with Crippen LogP contribution in [0.15, 0.2) is 30.3 Å². The number of halogens is 3. The zero-order valence-corrected chi connectivity index (χ0v) is 7.45. The molecule has 0 unspecified atom stereocenters. The highest BCUT2D eigenvalue weighted by Crippen LogP contribution is 2.22. The molecule has 0 saturated heterocycles. The Hall–Kier alpha value is -1.96. The van der Waals surface area contributed by atoms with Crippen LogP contribution in [-0.2, 0) is 0 Å². The van der Waals surface area contributed by atoms with Crippen molar-refractivity contribution in [2.75, 3.05) is 0 Å². The van der Waals surface area contributed by atoms with Crippen molar-refractivity contribution in [3.05, 3.63) is 35.9 Å². The van der Waals surface area contributed by atoms with E-state index in [0.29, 0.717) is 5.56 Å². The third-order valence-electron chi connectivity index (χ3n) is 1.46. The summed E-state index contributed by atoms with van der Waals surface area (Å²) in [5.41, 5.74) is 0.631. The van der Waals surface area contributed by atoms with Crippen molar-refractivity contribution in [3.63, 3.8) is 0 Å². The van der Waals surface area contributed by atoms with Crippen LogP contribution in [0.2, 0.25) is 0 Å². The van der Waals surface area contributed by atoms with Crippen molar-refractivity contribution < 1.29 is 17.9 Å². The maximum absolute atomic E-state index is 11.8. The molecule has 0 spiro atoms. The van der Waals surface area contributed by atoms with Crippen LogP contribution in [0.25, 0.3) is 6.08 Å². The molecular formula is C10H6F3NO. The maximum Gasteiger partial charge on any atom is 0.573 e. The third-order valence-corrected chi connectivity index (χ3v) is 1.46. The predicted molar refractivity (Wildman–Crippen MR) is 47.8 cm³/mol. The first-order valence-corrected chi connectivity index (χ1v) is 3.93. The molecule has 0 saturated carbocycles. The highest BCUT2D eigenvalue weighted by molar-refractivity contribution is 5.52. The van der Waals surface area contributed by atoms with Gasteiger partial charge in [-0.1, -0.05) is 12.1 Å². The van der Waals surface area contributed by atoms with E-state index < -0.39 is 6.36 Å². The summed E-state index contributed by atoms with van der Waals surface area (Å²) in [6.07, 6.45) is -1.96. The molecule has 0 heterocycles. The predicted octanol–water partition coefficient (Wildman–Crippen LogP) is 3.12. The van der Waals surface area contributed by atoms with Gasteiger partial charge in [-0.05, 0) is 23.8 Å². The molecule has 0 fully saturated rings. The van der Waals surface area contributed by atoms with Gasteiger partial charge in [-0.3, -0.25) is 0 Å². The maximum atomic E-state index is 11.8. The number of nitrogens with zero attached hydrogens (tertiary/aromatic N) is 1. The molecule has 0 aliphatic rings. The molecule has 1 rings (SSSR count). The summed E-state index contributed by atoms with van der Waals surface area (Å²) in [5.74, 6) is -0.281. The van der Waals surface area contributed by atoms with Gasteiger partial charge in [-0.2, -0.15) is 5.26 Å². The Morgan fingerprint density at radius 2 is 1.80 bits per heavy atom. The average molecular weight is 213 g/mol. The van der Waals surface area contributed by atoms with E-state index in [2.05, 4.69) is 4.74 Å². The summed E-state index contributed by atoms with van der Waals surface area (Å²) in [4.78, 5) is 0. The van der Waals surface area contributed by atoms with Gasteiger partial charge in [0, 0.05) is 6.08 Å². The Labute approximate surface area is 84.2 Å². The van der Waals surface area contributed by atoms with Gasteiger partial charge in [-0.15, -0.1) is 13.2 Å². The molecule has 0 amide bonds. The number of ether oxygens (including phenoxy) is 1. The first kappa shape index (κ1) is 11.1. The lowest BCUT2D eigenvalue weighted by molar-refractivity contribution is -0.274. The summed E-state index contributed by atoms with van der Waals surface area (Å²) >= 11 is 0. The van der Waals surface area contributed by atoms with Crippen molar-refractivity contribution in [1.82, 2.24) is 0 Å². The summed E-state index contributed by atoms with van der Waals surface area (Å²) in [5, 5.41) is 8.22. The van der Waals surface area contributed by atoms with Gasteiger partial charge >= 0.3 is 6.36 Å². The largest absolute Gasteiger partial charge is 0.573 e. The van der Waals surface area contributed by atoms with Crippen LogP contribution in [0.5, 0.6) is 5.75 Å². The second-order valence-corrected chi connectivity index (χ2v) is 2.58. The molecule has 1 aromatic carbocycles. The molecule has 0 aliphatic carbocycles. The van der Waals surface area contributed by atoms with E-state index in [1.54, 1.807) is 6.07 Å². The lowest BCUT2D eigenvalue weighted by atomic mass is 10.2. The molecule has 0 atom stereocenters. The zero-order chi connectivity index (χ0) is 11.3. The number of hydrogen-bond acceptors (Lipinski definition) is 2. The summed E-state index contributed by atoms with van der Waals surface area (Å²) in [6, 6.07) is 7.00. The van der Waals surface area contributed by atoms with Gasteiger partial charge in [-0.25, -0.2) is 0 Å². The summed E-state index contributed by atoms with van der Waals surface area (Å²) in [6.45, 7) is 0. The topological polar surface area (TPSA) is 33.0 Å². The molecule has 0 N–H and O–H groups in total. The van der Waals surface area contributed by atoms with Crippen molar-refractivity contribution >= 4 is 6.08 Å². The number of rotatable bonds is 2. The van der Waals surface area contributed by atoms with Gasteiger partial charge in [0.2, 0.25) is 0 Å². The van der Waals surface area contributed by atoms with E-state index >= 15 is 0 Å². The van der Waals surface area contributed by atoms with Crippen molar-refractivity contribution in [1.29, 1.82) is 5.26 Å². The van der Waals surface area contributed by atoms with Crippen LogP contribution in [-0.4, -0.2) is 6.36 Å². The zero-order valence-electron chi connectivity index (χ0n) is 7.45. The Morgan fingerprint density at radius 1 is 1.20 bits per heavy atom. The smallest absolute Gasteiger partial charge is 0.406 e.